The third kappa shape index (κ3) is 2.30. The van der Waals surface area contributed by atoms with Gasteiger partial charge in [0.1, 0.15) is 6.10 Å². The molecule has 1 N–H and O–H groups in total. The fourth-order valence-electron chi connectivity index (χ4n) is 1.23. The molecule has 1 aliphatic rings. The maximum absolute atomic E-state index is 9.50. The Hall–Kier alpha value is -0.380. The van der Waals surface area contributed by atoms with Crippen molar-refractivity contribution in [2.75, 3.05) is 6.61 Å². The summed E-state index contributed by atoms with van der Waals surface area (Å²) in [4.78, 5) is 0. The van der Waals surface area contributed by atoms with Crippen molar-refractivity contribution < 1.29 is 14.6 Å². The minimum Gasteiger partial charge on any atom is -0.390 e. The Morgan fingerprint density at radius 1 is 1.75 bits per heavy atom. The number of ether oxygens (including phenoxy) is 2. The normalized spacial score (nSPS) is 30.1. The molecule has 1 saturated heterocycles. The van der Waals surface area contributed by atoms with E-state index in [-0.39, 0.29) is 6.10 Å². The van der Waals surface area contributed by atoms with Gasteiger partial charge in [0.25, 0.3) is 0 Å². The number of aliphatic hydroxyl groups excluding tert-OH is 1. The van der Waals surface area contributed by atoms with Crippen molar-refractivity contribution in [1.29, 1.82) is 0 Å². The molecule has 70 valence electrons. The van der Waals surface area contributed by atoms with Gasteiger partial charge in [-0.2, -0.15) is 0 Å². The molecule has 3 nitrogen and oxygen atoms in total. The Kier molecular flexibility index (Phi) is 2.88. The summed E-state index contributed by atoms with van der Waals surface area (Å²) in [7, 11) is 0. The van der Waals surface area contributed by atoms with E-state index in [9.17, 15) is 5.11 Å². The zero-order chi connectivity index (χ0) is 9.19. The van der Waals surface area contributed by atoms with Crippen molar-refractivity contribution in [3.63, 3.8) is 0 Å². The number of hydrogen-bond donors (Lipinski definition) is 1. The van der Waals surface area contributed by atoms with Gasteiger partial charge in [0.05, 0.1) is 12.7 Å². The molecule has 1 aliphatic heterocycles. The SMILES string of the molecule is C=CC[C@H](O)[C@@H]1COC(C)(C)O1. The van der Waals surface area contributed by atoms with Gasteiger partial charge in [-0.05, 0) is 20.3 Å². The van der Waals surface area contributed by atoms with Gasteiger partial charge in [0.2, 0.25) is 0 Å². The molecule has 0 aromatic heterocycles. The Labute approximate surface area is 73.0 Å². The van der Waals surface area contributed by atoms with Gasteiger partial charge in [-0.25, -0.2) is 0 Å². The second-order valence-corrected chi connectivity index (χ2v) is 3.46. The molecule has 2 atom stereocenters. The maximum Gasteiger partial charge on any atom is 0.163 e. The lowest BCUT2D eigenvalue weighted by Gasteiger charge is -2.19. The first-order valence-electron chi connectivity index (χ1n) is 4.16. The molecular formula is C9H16O3. The zero-order valence-corrected chi connectivity index (χ0v) is 7.62. The van der Waals surface area contributed by atoms with Gasteiger partial charge in [-0.15, -0.1) is 6.58 Å². The third-order valence-corrected chi connectivity index (χ3v) is 1.87. The van der Waals surface area contributed by atoms with Crippen LogP contribution in [0.3, 0.4) is 0 Å². The number of hydrogen-bond acceptors (Lipinski definition) is 3. The average molecular weight is 172 g/mol. The minimum absolute atomic E-state index is 0.210. The summed E-state index contributed by atoms with van der Waals surface area (Å²) in [6.07, 6.45) is 1.52. The molecule has 0 spiro atoms. The highest BCUT2D eigenvalue weighted by atomic mass is 16.7. The van der Waals surface area contributed by atoms with Crippen LogP contribution in [-0.2, 0) is 9.47 Å². The van der Waals surface area contributed by atoms with E-state index >= 15 is 0 Å². The Balaban J connectivity index is 2.40. The van der Waals surface area contributed by atoms with Crippen LogP contribution >= 0.6 is 0 Å². The molecule has 1 fully saturated rings. The highest BCUT2D eigenvalue weighted by molar-refractivity contribution is 4.82. The first-order valence-corrected chi connectivity index (χ1v) is 4.16. The Morgan fingerprint density at radius 2 is 2.42 bits per heavy atom. The van der Waals surface area contributed by atoms with Crippen LogP contribution in [0.1, 0.15) is 20.3 Å². The third-order valence-electron chi connectivity index (χ3n) is 1.87. The van der Waals surface area contributed by atoms with Gasteiger partial charge >= 0.3 is 0 Å². The van der Waals surface area contributed by atoms with Crippen molar-refractivity contribution in [1.82, 2.24) is 0 Å². The fourth-order valence-corrected chi connectivity index (χ4v) is 1.23. The van der Waals surface area contributed by atoms with Crippen LogP contribution in [-0.4, -0.2) is 29.7 Å². The van der Waals surface area contributed by atoms with E-state index in [0.29, 0.717) is 13.0 Å². The fraction of sp³-hybridized carbons (Fsp3) is 0.778. The van der Waals surface area contributed by atoms with Crippen LogP contribution in [0.4, 0.5) is 0 Å². The van der Waals surface area contributed by atoms with Crippen LogP contribution in [0.25, 0.3) is 0 Å². The summed E-state index contributed by atoms with van der Waals surface area (Å²) in [5, 5.41) is 9.50. The van der Waals surface area contributed by atoms with Crippen molar-refractivity contribution in [3.05, 3.63) is 12.7 Å². The smallest absolute Gasteiger partial charge is 0.163 e. The second-order valence-electron chi connectivity index (χ2n) is 3.46. The lowest BCUT2D eigenvalue weighted by molar-refractivity contribution is -0.150. The van der Waals surface area contributed by atoms with Crippen LogP contribution < -0.4 is 0 Å². The van der Waals surface area contributed by atoms with Crippen molar-refractivity contribution in [2.45, 2.75) is 38.3 Å². The lowest BCUT2D eigenvalue weighted by atomic mass is 10.1. The van der Waals surface area contributed by atoms with Crippen LogP contribution in [0.5, 0.6) is 0 Å². The van der Waals surface area contributed by atoms with E-state index in [1.165, 1.54) is 0 Å². The van der Waals surface area contributed by atoms with Crippen molar-refractivity contribution in [2.24, 2.45) is 0 Å². The van der Waals surface area contributed by atoms with Crippen molar-refractivity contribution in [3.8, 4) is 0 Å². The van der Waals surface area contributed by atoms with Crippen LogP contribution in [0.2, 0.25) is 0 Å². The number of aliphatic hydroxyl groups is 1. The molecule has 3 heteroatoms. The monoisotopic (exact) mass is 172 g/mol. The lowest BCUT2D eigenvalue weighted by Crippen LogP contribution is -2.30. The van der Waals surface area contributed by atoms with E-state index in [2.05, 4.69) is 6.58 Å². The second kappa shape index (κ2) is 3.56. The van der Waals surface area contributed by atoms with E-state index in [1.54, 1.807) is 6.08 Å². The Morgan fingerprint density at radius 3 is 2.83 bits per heavy atom. The molecular weight excluding hydrogens is 156 g/mol. The van der Waals surface area contributed by atoms with Crippen molar-refractivity contribution >= 4 is 0 Å². The minimum atomic E-state index is -0.549. The molecule has 0 saturated carbocycles. The maximum atomic E-state index is 9.50. The van der Waals surface area contributed by atoms with E-state index in [0.717, 1.165) is 0 Å². The summed E-state index contributed by atoms with van der Waals surface area (Å²) in [6.45, 7) is 7.69. The van der Waals surface area contributed by atoms with E-state index in [4.69, 9.17) is 9.47 Å². The van der Waals surface area contributed by atoms with Gasteiger partial charge in [0.15, 0.2) is 5.79 Å². The van der Waals surface area contributed by atoms with Gasteiger partial charge < -0.3 is 14.6 Å². The molecule has 0 unspecified atom stereocenters. The highest BCUT2D eigenvalue weighted by Crippen LogP contribution is 2.24. The molecule has 1 rings (SSSR count). The van der Waals surface area contributed by atoms with Crippen LogP contribution in [0.15, 0.2) is 12.7 Å². The molecule has 1 heterocycles. The summed E-state index contributed by atoms with van der Waals surface area (Å²) in [5.41, 5.74) is 0. The Bertz CT molecular complexity index is 165. The summed E-state index contributed by atoms with van der Waals surface area (Å²) >= 11 is 0. The molecule has 0 aromatic rings. The quantitative estimate of drug-likeness (QED) is 0.647. The molecule has 0 aliphatic carbocycles. The molecule has 12 heavy (non-hydrogen) atoms. The zero-order valence-electron chi connectivity index (χ0n) is 7.62. The molecule has 0 bridgehead atoms. The van der Waals surface area contributed by atoms with E-state index < -0.39 is 11.9 Å². The van der Waals surface area contributed by atoms with Gasteiger partial charge in [0, 0.05) is 0 Å². The summed E-state index contributed by atoms with van der Waals surface area (Å²) in [5.74, 6) is -0.549. The largest absolute Gasteiger partial charge is 0.390 e. The molecule has 0 aromatic carbocycles. The van der Waals surface area contributed by atoms with Gasteiger partial charge in [-0.3, -0.25) is 0 Å². The predicted octanol–water partition coefficient (Wildman–Crippen LogP) is 1.07. The summed E-state index contributed by atoms with van der Waals surface area (Å²) < 4.78 is 10.7. The molecule has 0 amide bonds. The first kappa shape index (κ1) is 9.71. The number of rotatable bonds is 3. The highest BCUT2D eigenvalue weighted by Gasteiger charge is 2.36. The predicted molar refractivity (Wildman–Crippen MR) is 45.7 cm³/mol. The standard InChI is InChI=1S/C9H16O3/c1-4-5-7(10)8-6-11-9(2,3)12-8/h4,7-8,10H,1,5-6H2,2-3H3/t7-,8-/m0/s1. The van der Waals surface area contributed by atoms with Gasteiger partial charge in [-0.1, -0.05) is 6.08 Å². The van der Waals surface area contributed by atoms with E-state index in [1.807, 2.05) is 13.8 Å². The van der Waals surface area contributed by atoms with Crippen LogP contribution in [0, 0.1) is 0 Å². The first-order chi connectivity index (χ1) is 5.55. The summed E-state index contributed by atoms with van der Waals surface area (Å²) in [6, 6.07) is 0. The average Bonchev–Trinajstić information content (AvgIpc) is 2.31. The molecule has 0 radical (unpaired) electrons. The topological polar surface area (TPSA) is 38.7 Å².